The summed E-state index contributed by atoms with van der Waals surface area (Å²) < 4.78 is 5.11. The van der Waals surface area contributed by atoms with Crippen LogP contribution in [0.3, 0.4) is 0 Å². The first-order valence-corrected chi connectivity index (χ1v) is 8.32. The summed E-state index contributed by atoms with van der Waals surface area (Å²) in [6, 6.07) is 0. The first-order valence-electron chi connectivity index (χ1n) is 6.19. The Bertz CT molecular complexity index is 226. The Balaban J connectivity index is 4.44. The third-order valence-corrected chi connectivity index (χ3v) is 7.24. The first kappa shape index (κ1) is 15.4. The molecule has 0 aromatic rings. The zero-order chi connectivity index (χ0) is 12.8. The van der Waals surface area contributed by atoms with Gasteiger partial charge >= 0.3 is 5.97 Å². The van der Waals surface area contributed by atoms with Crippen LogP contribution in [0.4, 0.5) is 0 Å². The van der Waals surface area contributed by atoms with E-state index in [9.17, 15) is 4.79 Å². The molecule has 0 radical (unpaired) electrons. The summed E-state index contributed by atoms with van der Waals surface area (Å²) in [5.41, 5.74) is 0. The molecule has 0 aromatic heterocycles. The van der Waals surface area contributed by atoms with Crippen LogP contribution < -0.4 is 0 Å². The van der Waals surface area contributed by atoms with E-state index in [2.05, 4.69) is 40.8 Å². The van der Waals surface area contributed by atoms with E-state index in [-0.39, 0.29) is 15.5 Å². The fourth-order valence-electron chi connectivity index (χ4n) is 2.64. The lowest BCUT2D eigenvalue weighted by atomic mass is 9.81. The first-order chi connectivity index (χ1) is 7.40. The van der Waals surface area contributed by atoms with Gasteiger partial charge in [-0.1, -0.05) is 40.8 Å². The van der Waals surface area contributed by atoms with Gasteiger partial charge < -0.3 is 4.74 Å². The second-order valence-corrected chi connectivity index (χ2v) is 7.04. The molecule has 0 heterocycles. The standard InChI is InChI=1S/C13H26O2Si/c1-7-12(14)15-9-8-13(16-6,10(2)3)11(4)5/h7,10-11H,1,8-9,16H2,2-6H3. The van der Waals surface area contributed by atoms with E-state index in [1.165, 1.54) is 6.08 Å². The van der Waals surface area contributed by atoms with Gasteiger partial charge in [0.1, 0.15) is 0 Å². The number of carbonyl (C=O) groups is 1. The predicted octanol–water partition coefficient (Wildman–Crippen LogP) is 2.79. The monoisotopic (exact) mass is 242 g/mol. The van der Waals surface area contributed by atoms with Crippen molar-refractivity contribution in [3.63, 3.8) is 0 Å². The van der Waals surface area contributed by atoms with E-state index in [1.54, 1.807) is 0 Å². The van der Waals surface area contributed by atoms with Gasteiger partial charge in [-0.2, -0.15) is 0 Å². The normalized spacial score (nSPS) is 12.7. The van der Waals surface area contributed by atoms with Crippen LogP contribution in [0.1, 0.15) is 34.1 Å². The maximum Gasteiger partial charge on any atom is 0.330 e. The van der Waals surface area contributed by atoms with Crippen LogP contribution in [0, 0.1) is 11.8 Å². The number of esters is 1. The number of hydrogen-bond acceptors (Lipinski definition) is 2. The third kappa shape index (κ3) is 3.78. The fourth-order valence-corrected chi connectivity index (χ4v) is 4.77. The summed E-state index contributed by atoms with van der Waals surface area (Å²) in [7, 11) is -0.142. The number of hydrogen-bond donors (Lipinski definition) is 0. The molecule has 0 rings (SSSR count). The van der Waals surface area contributed by atoms with Gasteiger partial charge in [-0.15, -0.1) is 0 Å². The van der Waals surface area contributed by atoms with Gasteiger partial charge in [0.25, 0.3) is 0 Å². The van der Waals surface area contributed by atoms with Crippen LogP contribution >= 0.6 is 0 Å². The topological polar surface area (TPSA) is 26.3 Å². The van der Waals surface area contributed by atoms with Crippen LogP contribution in [0.25, 0.3) is 0 Å². The van der Waals surface area contributed by atoms with Crippen LogP contribution in [-0.2, 0) is 9.53 Å². The molecule has 0 fully saturated rings. The van der Waals surface area contributed by atoms with E-state index < -0.39 is 0 Å². The third-order valence-electron chi connectivity index (χ3n) is 3.94. The average molecular weight is 242 g/mol. The summed E-state index contributed by atoms with van der Waals surface area (Å²) in [4.78, 5) is 11.0. The molecular weight excluding hydrogens is 216 g/mol. The Morgan fingerprint density at radius 2 is 1.88 bits per heavy atom. The molecule has 2 nitrogen and oxygen atoms in total. The van der Waals surface area contributed by atoms with E-state index in [4.69, 9.17) is 4.74 Å². The Morgan fingerprint density at radius 3 is 2.19 bits per heavy atom. The van der Waals surface area contributed by atoms with Crippen molar-refractivity contribution < 1.29 is 9.53 Å². The predicted molar refractivity (Wildman–Crippen MR) is 72.6 cm³/mol. The SMILES string of the molecule is C=CC(=O)OCCC([SiH2]C)(C(C)C)C(C)C. The molecule has 0 atom stereocenters. The lowest BCUT2D eigenvalue weighted by Crippen LogP contribution is -2.32. The molecule has 0 aliphatic heterocycles. The summed E-state index contributed by atoms with van der Waals surface area (Å²) >= 11 is 0. The van der Waals surface area contributed by atoms with Gasteiger partial charge in [0.05, 0.1) is 6.61 Å². The fraction of sp³-hybridized carbons (Fsp3) is 0.769. The zero-order valence-electron chi connectivity index (χ0n) is 11.4. The smallest absolute Gasteiger partial charge is 0.330 e. The van der Waals surface area contributed by atoms with Crippen LogP contribution in [0.15, 0.2) is 12.7 Å². The molecule has 0 aliphatic rings. The highest BCUT2D eigenvalue weighted by atomic mass is 28.2. The maximum atomic E-state index is 11.0. The summed E-state index contributed by atoms with van der Waals surface area (Å²) in [5, 5.41) is 0.404. The molecule has 0 aromatic carbocycles. The molecule has 0 saturated heterocycles. The second-order valence-electron chi connectivity index (χ2n) is 5.02. The number of ether oxygens (including phenoxy) is 1. The molecule has 0 aliphatic carbocycles. The van der Waals surface area contributed by atoms with Crippen molar-refractivity contribution in [1.82, 2.24) is 0 Å². The van der Waals surface area contributed by atoms with E-state index >= 15 is 0 Å². The van der Waals surface area contributed by atoms with E-state index in [0.717, 1.165) is 6.42 Å². The van der Waals surface area contributed by atoms with Gasteiger partial charge in [-0.05, 0) is 23.3 Å². The maximum absolute atomic E-state index is 11.0. The van der Waals surface area contributed by atoms with Crippen molar-refractivity contribution in [2.45, 2.75) is 45.7 Å². The van der Waals surface area contributed by atoms with Gasteiger partial charge in [0.2, 0.25) is 0 Å². The Labute approximate surface area is 102 Å². The molecule has 0 spiro atoms. The van der Waals surface area contributed by atoms with Crippen LogP contribution in [0.5, 0.6) is 0 Å². The van der Waals surface area contributed by atoms with Crippen LogP contribution in [0.2, 0.25) is 11.6 Å². The van der Waals surface area contributed by atoms with Crippen molar-refractivity contribution >= 4 is 15.5 Å². The largest absolute Gasteiger partial charge is 0.463 e. The summed E-state index contributed by atoms with van der Waals surface area (Å²) in [6.07, 6.45) is 2.22. The molecule has 3 heteroatoms. The summed E-state index contributed by atoms with van der Waals surface area (Å²) in [5.74, 6) is 1.01. The molecule has 0 bridgehead atoms. The van der Waals surface area contributed by atoms with Crippen molar-refractivity contribution in [1.29, 1.82) is 0 Å². The highest BCUT2D eigenvalue weighted by Gasteiger charge is 2.35. The minimum absolute atomic E-state index is 0.142. The Morgan fingerprint density at radius 1 is 1.38 bits per heavy atom. The molecule has 0 N–H and O–H groups in total. The minimum Gasteiger partial charge on any atom is -0.463 e. The zero-order valence-corrected chi connectivity index (χ0v) is 12.8. The molecule has 0 amide bonds. The van der Waals surface area contributed by atoms with Gasteiger partial charge in [-0.3, -0.25) is 0 Å². The van der Waals surface area contributed by atoms with Gasteiger partial charge in [0.15, 0.2) is 0 Å². The average Bonchev–Trinajstić information content (AvgIpc) is 2.23. The van der Waals surface area contributed by atoms with Crippen molar-refractivity contribution in [2.24, 2.45) is 11.8 Å². The van der Waals surface area contributed by atoms with Crippen molar-refractivity contribution in [3.8, 4) is 0 Å². The van der Waals surface area contributed by atoms with Crippen molar-refractivity contribution in [3.05, 3.63) is 12.7 Å². The summed E-state index contributed by atoms with van der Waals surface area (Å²) in [6.45, 7) is 15.4. The van der Waals surface area contributed by atoms with Gasteiger partial charge in [-0.25, -0.2) is 4.79 Å². The lowest BCUT2D eigenvalue weighted by Gasteiger charge is -2.40. The van der Waals surface area contributed by atoms with E-state index in [0.29, 0.717) is 23.5 Å². The second kappa shape index (κ2) is 6.89. The minimum atomic E-state index is -0.306. The Kier molecular flexibility index (Phi) is 6.64. The highest BCUT2D eigenvalue weighted by molar-refractivity contribution is 6.38. The lowest BCUT2D eigenvalue weighted by molar-refractivity contribution is -0.138. The molecule has 16 heavy (non-hydrogen) atoms. The number of carbonyl (C=O) groups excluding carboxylic acids is 1. The van der Waals surface area contributed by atoms with Crippen molar-refractivity contribution in [2.75, 3.05) is 6.61 Å². The molecule has 94 valence electrons. The van der Waals surface area contributed by atoms with Crippen LogP contribution in [-0.4, -0.2) is 22.1 Å². The van der Waals surface area contributed by atoms with E-state index in [1.807, 2.05) is 0 Å². The molecular formula is C13H26O2Si. The Hall–Kier alpha value is -0.573. The quantitative estimate of drug-likeness (QED) is 0.390. The highest BCUT2D eigenvalue weighted by Crippen LogP contribution is 2.45. The number of rotatable bonds is 7. The molecule has 0 unspecified atom stereocenters. The van der Waals surface area contributed by atoms with Gasteiger partial charge in [0, 0.05) is 15.6 Å². The molecule has 0 saturated carbocycles.